The lowest BCUT2D eigenvalue weighted by Gasteiger charge is -2.36. The molecular weight excluding hydrogens is 424 g/mol. The molecule has 1 spiro atoms. The standard InChI is InChI=1S/C24H22N4O5/c1-12-10-13(2)20-16(11-12)24(23(31)25-20)19-18(17-4-3-9-26(17)24)21(29)27(22(19)30)14-5-7-15(8-6-14)28(32)33/h5-8,10-11,17-19H,3-4,9H2,1-2H3,(H,25,31)/t17-,18-,19-,24+/m1/s1. The molecule has 3 amide bonds. The van der Waals surface area contributed by atoms with Crippen LogP contribution in [0.2, 0.25) is 0 Å². The van der Waals surface area contributed by atoms with Crippen molar-refractivity contribution in [1.82, 2.24) is 4.90 Å². The monoisotopic (exact) mass is 446 g/mol. The van der Waals surface area contributed by atoms with Gasteiger partial charge in [-0.15, -0.1) is 0 Å². The molecule has 3 saturated heterocycles. The number of aryl methyl sites for hydroxylation is 2. The minimum atomic E-state index is -1.22. The van der Waals surface area contributed by atoms with Crippen LogP contribution in [0.15, 0.2) is 36.4 Å². The van der Waals surface area contributed by atoms with Gasteiger partial charge < -0.3 is 5.32 Å². The lowest BCUT2D eigenvalue weighted by Crippen LogP contribution is -2.54. The number of rotatable bonds is 2. The van der Waals surface area contributed by atoms with Gasteiger partial charge in [-0.3, -0.25) is 29.4 Å². The van der Waals surface area contributed by atoms with E-state index in [2.05, 4.69) is 10.2 Å². The highest BCUT2D eigenvalue weighted by Gasteiger charge is 2.74. The number of hydrogen-bond donors (Lipinski definition) is 1. The number of carbonyl (C=O) groups is 3. The van der Waals surface area contributed by atoms with E-state index in [-0.39, 0.29) is 23.5 Å². The third kappa shape index (κ3) is 2.32. The van der Waals surface area contributed by atoms with Crippen molar-refractivity contribution >= 4 is 34.8 Å². The first-order valence-electron chi connectivity index (χ1n) is 11.1. The van der Waals surface area contributed by atoms with E-state index < -0.39 is 28.2 Å². The molecule has 0 aromatic heterocycles. The van der Waals surface area contributed by atoms with E-state index in [4.69, 9.17) is 0 Å². The predicted molar refractivity (Wildman–Crippen MR) is 119 cm³/mol. The molecule has 3 fully saturated rings. The smallest absolute Gasteiger partial charge is 0.269 e. The summed E-state index contributed by atoms with van der Waals surface area (Å²) in [6.07, 6.45) is 1.59. The minimum absolute atomic E-state index is 0.119. The van der Waals surface area contributed by atoms with Gasteiger partial charge in [-0.05, 0) is 50.9 Å². The van der Waals surface area contributed by atoms with Gasteiger partial charge >= 0.3 is 0 Å². The second-order valence-corrected chi connectivity index (χ2v) is 9.42. The number of benzene rings is 2. The summed E-state index contributed by atoms with van der Waals surface area (Å²) >= 11 is 0. The molecule has 0 radical (unpaired) electrons. The van der Waals surface area contributed by atoms with Gasteiger partial charge in [0.2, 0.25) is 17.7 Å². The van der Waals surface area contributed by atoms with E-state index in [0.29, 0.717) is 12.2 Å². The van der Waals surface area contributed by atoms with Crippen LogP contribution in [0, 0.1) is 35.8 Å². The molecule has 9 nitrogen and oxygen atoms in total. The van der Waals surface area contributed by atoms with Crippen LogP contribution in [0.1, 0.15) is 29.5 Å². The molecule has 0 aliphatic carbocycles. The van der Waals surface area contributed by atoms with E-state index in [1.54, 1.807) is 0 Å². The molecule has 6 rings (SSSR count). The molecule has 0 unspecified atom stereocenters. The zero-order valence-electron chi connectivity index (χ0n) is 18.2. The lowest BCUT2D eigenvalue weighted by molar-refractivity contribution is -0.384. The number of fused-ring (bicyclic) bond motifs is 7. The summed E-state index contributed by atoms with van der Waals surface area (Å²) in [6.45, 7) is 4.54. The van der Waals surface area contributed by atoms with Crippen LogP contribution < -0.4 is 10.2 Å². The first kappa shape index (κ1) is 20.0. The molecule has 1 N–H and O–H groups in total. The third-order valence-electron chi connectivity index (χ3n) is 7.76. The van der Waals surface area contributed by atoms with Crippen molar-refractivity contribution in [1.29, 1.82) is 0 Å². The number of hydrogen-bond acceptors (Lipinski definition) is 6. The average molecular weight is 446 g/mol. The van der Waals surface area contributed by atoms with Gasteiger partial charge in [0.25, 0.3) is 5.69 Å². The fourth-order valence-electron chi connectivity index (χ4n) is 6.64. The summed E-state index contributed by atoms with van der Waals surface area (Å²) in [7, 11) is 0. The van der Waals surface area contributed by atoms with E-state index in [1.165, 1.54) is 24.3 Å². The van der Waals surface area contributed by atoms with Gasteiger partial charge in [0.1, 0.15) is 5.54 Å². The molecule has 0 bridgehead atoms. The Morgan fingerprint density at radius 2 is 1.82 bits per heavy atom. The normalized spacial score (nSPS) is 30.1. The Bertz CT molecular complexity index is 1270. The Hall–Kier alpha value is -3.59. The van der Waals surface area contributed by atoms with Gasteiger partial charge in [-0.2, -0.15) is 0 Å². The van der Waals surface area contributed by atoms with Crippen LogP contribution in [0.3, 0.4) is 0 Å². The molecule has 33 heavy (non-hydrogen) atoms. The Labute approximate surface area is 189 Å². The number of nitro groups is 1. The van der Waals surface area contributed by atoms with Gasteiger partial charge in [0.15, 0.2) is 0 Å². The van der Waals surface area contributed by atoms with Gasteiger partial charge in [-0.1, -0.05) is 17.7 Å². The number of amides is 3. The topological polar surface area (TPSA) is 113 Å². The largest absolute Gasteiger partial charge is 0.324 e. The molecule has 2 aromatic carbocycles. The molecule has 4 aliphatic rings. The highest BCUT2D eigenvalue weighted by atomic mass is 16.6. The third-order valence-corrected chi connectivity index (χ3v) is 7.76. The molecule has 4 atom stereocenters. The van der Waals surface area contributed by atoms with Crippen molar-refractivity contribution in [2.75, 3.05) is 16.8 Å². The van der Waals surface area contributed by atoms with E-state index in [0.717, 1.165) is 40.1 Å². The van der Waals surface area contributed by atoms with Crippen LogP contribution in [0.5, 0.6) is 0 Å². The van der Waals surface area contributed by atoms with Gasteiger partial charge in [-0.25, -0.2) is 4.90 Å². The summed E-state index contributed by atoms with van der Waals surface area (Å²) in [5, 5.41) is 14.1. The number of nitrogens with zero attached hydrogens (tertiary/aromatic N) is 3. The molecule has 4 heterocycles. The van der Waals surface area contributed by atoms with E-state index in [9.17, 15) is 24.5 Å². The van der Waals surface area contributed by atoms with Crippen molar-refractivity contribution < 1.29 is 19.3 Å². The lowest BCUT2D eigenvalue weighted by atomic mass is 9.75. The second kappa shape index (κ2) is 6.48. The first-order valence-corrected chi connectivity index (χ1v) is 11.1. The van der Waals surface area contributed by atoms with Crippen LogP contribution in [-0.4, -0.2) is 40.1 Å². The highest BCUT2D eigenvalue weighted by Crippen LogP contribution is 2.61. The number of nitrogens with one attached hydrogen (secondary N) is 1. The summed E-state index contributed by atoms with van der Waals surface area (Å²) in [5.74, 6) is -2.48. The van der Waals surface area contributed by atoms with Crippen LogP contribution >= 0.6 is 0 Å². The summed E-state index contributed by atoms with van der Waals surface area (Å²) in [6, 6.07) is 9.17. The Kier molecular flexibility index (Phi) is 3.93. The van der Waals surface area contributed by atoms with Crippen molar-refractivity contribution in [3.63, 3.8) is 0 Å². The van der Waals surface area contributed by atoms with E-state index >= 15 is 0 Å². The number of anilines is 2. The average Bonchev–Trinajstić information content (AvgIpc) is 3.47. The Balaban J connectivity index is 1.53. The molecule has 2 aromatic rings. The van der Waals surface area contributed by atoms with Crippen molar-refractivity contribution in [3.05, 3.63) is 63.2 Å². The zero-order chi connectivity index (χ0) is 23.2. The highest BCUT2D eigenvalue weighted by molar-refractivity contribution is 6.26. The quantitative estimate of drug-likeness (QED) is 0.431. The fraction of sp³-hybridized carbons (Fsp3) is 0.375. The Morgan fingerprint density at radius 3 is 2.52 bits per heavy atom. The van der Waals surface area contributed by atoms with Gasteiger partial charge in [0.05, 0.1) is 22.4 Å². The molecule has 9 heteroatoms. The maximum atomic E-state index is 13.9. The fourth-order valence-corrected chi connectivity index (χ4v) is 6.64. The van der Waals surface area contributed by atoms with Crippen molar-refractivity contribution in [2.45, 2.75) is 38.3 Å². The summed E-state index contributed by atoms with van der Waals surface area (Å²) < 4.78 is 0. The van der Waals surface area contributed by atoms with Crippen molar-refractivity contribution in [2.24, 2.45) is 11.8 Å². The molecule has 4 aliphatic heterocycles. The number of carbonyl (C=O) groups excluding carboxylic acids is 3. The molecular formula is C24H22N4O5. The van der Waals surface area contributed by atoms with E-state index in [1.807, 2.05) is 26.0 Å². The predicted octanol–water partition coefficient (Wildman–Crippen LogP) is 2.64. The van der Waals surface area contributed by atoms with Crippen LogP contribution in [0.25, 0.3) is 0 Å². The number of nitro benzene ring substituents is 1. The zero-order valence-corrected chi connectivity index (χ0v) is 18.2. The van der Waals surface area contributed by atoms with Crippen LogP contribution in [0.4, 0.5) is 17.1 Å². The first-order chi connectivity index (χ1) is 15.8. The Morgan fingerprint density at radius 1 is 1.09 bits per heavy atom. The number of imide groups is 1. The van der Waals surface area contributed by atoms with Gasteiger partial charge in [0, 0.05) is 29.4 Å². The molecule has 0 saturated carbocycles. The summed E-state index contributed by atoms with van der Waals surface area (Å²) in [5.41, 5.74) is 2.38. The summed E-state index contributed by atoms with van der Waals surface area (Å²) in [4.78, 5) is 55.0. The minimum Gasteiger partial charge on any atom is -0.324 e. The van der Waals surface area contributed by atoms with Crippen LogP contribution in [-0.2, 0) is 19.9 Å². The number of non-ortho nitro benzene ring substituents is 1. The SMILES string of the molecule is Cc1cc(C)c2c(c1)[C@@]1(C(=O)N2)[C@H]2C(=O)N(c3ccc([N+](=O)[O-])cc3)C(=O)[C@@H]2[C@H]2CCCN21. The second-order valence-electron chi connectivity index (χ2n) is 9.42. The maximum Gasteiger partial charge on any atom is 0.269 e. The maximum absolute atomic E-state index is 13.9. The van der Waals surface area contributed by atoms with Crippen molar-refractivity contribution in [3.8, 4) is 0 Å². The molecule has 168 valence electrons.